The van der Waals surface area contributed by atoms with E-state index in [-0.39, 0.29) is 6.42 Å². The Bertz CT molecular complexity index is 945. The summed E-state index contributed by atoms with van der Waals surface area (Å²) in [4.78, 5) is 20.1. The van der Waals surface area contributed by atoms with E-state index in [0.717, 1.165) is 11.0 Å². The fraction of sp³-hybridized carbons (Fsp3) is 0.333. The number of H-pyrrole nitrogens is 1. The van der Waals surface area contributed by atoms with Crippen LogP contribution in [0.2, 0.25) is 0 Å². The van der Waals surface area contributed by atoms with E-state index < -0.39 is 23.6 Å². The Labute approximate surface area is 163 Å². The van der Waals surface area contributed by atoms with Crippen LogP contribution in [0.1, 0.15) is 38.2 Å². The van der Waals surface area contributed by atoms with Gasteiger partial charge in [-0.15, -0.1) is 0 Å². The summed E-state index contributed by atoms with van der Waals surface area (Å²) in [7, 11) is 1.48. The van der Waals surface area contributed by atoms with Gasteiger partial charge in [0.1, 0.15) is 23.0 Å². The van der Waals surface area contributed by atoms with Gasteiger partial charge in [0.2, 0.25) is 0 Å². The van der Waals surface area contributed by atoms with E-state index in [1.807, 2.05) is 24.3 Å². The van der Waals surface area contributed by atoms with Gasteiger partial charge in [0.25, 0.3) is 0 Å². The molecule has 0 aliphatic carbocycles. The number of hydrogen-bond acceptors (Lipinski definition) is 4. The molecule has 1 amide bonds. The number of aromatic amines is 1. The summed E-state index contributed by atoms with van der Waals surface area (Å²) < 4.78 is 24.9. The largest absolute Gasteiger partial charge is 0.497 e. The number of methoxy groups -OCH3 is 1. The molecule has 0 saturated heterocycles. The smallest absolute Gasteiger partial charge is 0.408 e. The summed E-state index contributed by atoms with van der Waals surface area (Å²) in [5.41, 5.74) is 1.39. The number of carbonyl (C=O) groups is 1. The second-order valence-corrected chi connectivity index (χ2v) is 7.50. The van der Waals surface area contributed by atoms with E-state index in [4.69, 9.17) is 9.47 Å². The number of para-hydroxylation sites is 2. The number of hydrogen-bond donors (Lipinski definition) is 2. The third-order valence-corrected chi connectivity index (χ3v) is 4.11. The van der Waals surface area contributed by atoms with Gasteiger partial charge in [0, 0.05) is 12.5 Å². The van der Waals surface area contributed by atoms with Gasteiger partial charge in [-0.1, -0.05) is 18.2 Å². The van der Waals surface area contributed by atoms with Crippen molar-refractivity contribution in [3.05, 3.63) is 59.7 Å². The molecule has 0 bridgehead atoms. The van der Waals surface area contributed by atoms with Crippen LogP contribution < -0.4 is 10.1 Å². The Hall–Kier alpha value is -3.09. The van der Waals surface area contributed by atoms with E-state index in [2.05, 4.69) is 15.3 Å². The van der Waals surface area contributed by atoms with Crippen LogP contribution in [0.5, 0.6) is 5.75 Å². The van der Waals surface area contributed by atoms with Gasteiger partial charge in [-0.2, -0.15) is 0 Å². The lowest BCUT2D eigenvalue weighted by molar-refractivity contribution is 0.0501. The van der Waals surface area contributed by atoms with E-state index in [9.17, 15) is 9.18 Å². The molecule has 0 fully saturated rings. The summed E-state index contributed by atoms with van der Waals surface area (Å²) in [6.45, 7) is 5.35. The number of nitrogens with zero attached hydrogens (tertiary/aromatic N) is 1. The molecule has 0 saturated carbocycles. The van der Waals surface area contributed by atoms with Crippen molar-refractivity contribution in [2.75, 3.05) is 7.11 Å². The van der Waals surface area contributed by atoms with Crippen LogP contribution in [0.4, 0.5) is 9.18 Å². The van der Waals surface area contributed by atoms with Gasteiger partial charge in [0.15, 0.2) is 0 Å². The molecule has 148 valence electrons. The summed E-state index contributed by atoms with van der Waals surface area (Å²) in [6.07, 6.45) is -0.388. The average molecular weight is 385 g/mol. The van der Waals surface area contributed by atoms with E-state index in [1.165, 1.54) is 13.2 Å². The third kappa shape index (κ3) is 4.79. The van der Waals surface area contributed by atoms with Crippen molar-refractivity contribution in [2.24, 2.45) is 0 Å². The number of fused-ring (bicyclic) bond motifs is 1. The molecule has 7 heteroatoms. The number of ether oxygens (including phenoxy) is 2. The topological polar surface area (TPSA) is 76.2 Å². The van der Waals surface area contributed by atoms with Crippen molar-refractivity contribution in [2.45, 2.75) is 38.8 Å². The molecule has 1 unspecified atom stereocenters. The Morgan fingerprint density at radius 2 is 2.00 bits per heavy atom. The summed E-state index contributed by atoms with van der Waals surface area (Å²) in [6, 6.07) is 11.6. The first-order valence-corrected chi connectivity index (χ1v) is 9.02. The highest BCUT2D eigenvalue weighted by Crippen LogP contribution is 2.24. The maximum atomic E-state index is 14.5. The number of halogens is 1. The number of aromatic nitrogens is 2. The minimum atomic E-state index is -0.645. The summed E-state index contributed by atoms with van der Waals surface area (Å²) >= 11 is 0. The Morgan fingerprint density at radius 1 is 1.25 bits per heavy atom. The SMILES string of the molecule is COc1ccc(CC(NC(=O)OC(C)(C)C)c2nc3ccccc3[nH]2)c(F)c1. The molecule has 3 rings (SSSR count). The number of alkyl carbamates (subject to hydrolysis) is 1. The monoisotopic (exact) mass is 385 g/mol. The average Bonchev–Trinajstić information content (AvgIpc) is 3.05. The van der Waals surface area contributed by atoms with Crippen LogP contribution >= 0.6 is 0 Å². The molecule has 1 aromatic heterocycles. The standard InChI is InChI=1S/C21H24FN3O3/c1-21(2,3)28-20(26)25-18(11-13-9-10-14(27-4)12-15(13)22)19-23-16-7-5-6-8-17(16)24-19/h5-10,12,18H,11H2,1-4H3,(H,23,24)(H,25,26). The maximum Gasteiger partial charge on any atom is 0.408 e. The predicted molar refractivity (Wildman–Crippen MR) is 105 cm³/mol. The Morgan fingerprint density at radius 3 is 2.64 bits per heavy atom. The van der Waals surface area contributed by atoms with Gasteiger partial charge >= 0.3 is 6.09 Å². The first kappa shape index (κ1) is 19.7. The number of carbonyl (C=O) groups excluding carboxylic acids is 1. The zero-order chi connectivity index (χ0) is 20.3. The van der Waals surface area contributed by atoms with Crippen LogP contribution in [0.25, 0.3) is 11.0 Å². The van der Waals surface area contributed by atoms with E-state index >= 15 is 0 Å². The van der Waals surface area contributed by atoms with Crippen molar-refractivity contribution < 1.29 is 18.7 Å². The van der Waals surface area contributed by atoms with Crippen LogP contribution in [-0.2, 0) is 11.2 Å². The number of rotatable bonds is 5. The molecule has 0 aliphatic heterocycles. The van der Waals surface area contributed by atoms with Gasteiger partial charge in [-0.3, -0.25) is 0 Å². The quantitative estimate of drug-likeness (QED) is 0.677. The molecular weight excluding hydrogens is 361 g/mol. The minimum Gasteiger partial charge on any atom is -0.497 e. The molecule has 0 spiro atoms. The Balaban J connectivity index is 1.90. The molecule has 2 aromatic carbocycles. The fourth-order valence-electron chi connectivity index (χ4n) is 2.84. The van der Waals surface area contributed by atoms with Gasteiger partial charge in [-0.05, 0) is 44.5 Å². The number of imidazole rings is 1. The molecule has 2 N–H and O–H groups in total. The van der Waals surface area contributed by atoms with Crippen LogP contribution in [0.15, 0.2) is 42.5 Å². The summed E-state index contributed by atoms with van der Waals surface area (Å²) in [5.74, 6) is 0.551. The molecular formula is C21H24FN3O3. The molecule has 28 heavy (non-hydrogen) atoms. The zero-order valence-corrected chi connectivity index (χ0v) is 16.4. The lowest BCUT2D eigenvalue weighted by Gasteiger charge is -2.23. The third-order valence-electron chi connectivity index (χ3n) is 4.11. The first-order chi connectivity index (χ1) is 13.2. The van der Waals surface area contributed by atoms with Crippen molar-refractivity contribution in [3.63, 3.8) is 0 Å². The van der Waals surface area contributed by atoms with E-state index in [0.29, 0.717) is 17.1 Å². The number of amides is 1. The zero-order valence-electron chi connectivity index (χ0n) is 16.4. The highest BCUT2D eigenvalue weighted by molar-refractivity contribution is 5.75. The summed E-state index contributed by atoms with van der Waals surface area (Å²) in [5, 5.41) is 2.80. The van der Waals surface area contributed by atoms with Crippen molar-refractivity contribution >= 4 is 17.1 Å². The maximum absolute atomic E-state index is 14.5. The number of benzene rings is 2. The molecule has 0 radical (unpaired) electrons. The fourth-order valence-corrected chi connectivity index (χ4v) is 2.84. The first-order valence-electron chi connectivity index (χ1n) is 9.02. The minimum absolute atomic E-state index is 0.203. The van der Waals surface area contributed by atoms with Crippen LogP contribution in [0.3, 0.4) is 0 Å². The van der Waals surface area contributed by atoms with Gasteiger partial charge < -0.3 is 19.8 Å². The van der Waals surface area contributed by atoms with Crippen LogP contribution in [0, 0.1) is 5.82 Å². The molecule has 6 nitrogen and oxygen atoms in total. The predicted octanol–water partition coefficient (Wildman–Crippen LogP) is 4.52. The second kappa shape index (κ2) is 7.88. The second-order valence-electron chi connectivity index (χ2n) is 7.50. The highest BCUT2D eigenvalue weighted by Gasteiger charge is 2.24. The number of nitrogens with one attached hydrogen (secondary N) is 2. The van der Waals surface area contributed by atoms with E-state index in [1.54, 1.807) is 32.9 Å². The molecule has 1 heterocycles. The van der Waals surface area contributed by atoms with Crippen molar-refractivity contribution in [3.8, 4) is 5.75 Å². The molecule has 0 aliphatic rings. The van der Waals surface area contributed by atoms with Gasteiger partial charge in [0.05, 0.1) is 24.2 Å². The highest BCUT2D eigenvalue weighted by atomic mass is 19.1. The van der Waals surface area contributed by atoms with Crippen LogP contribution in [-0.4, -0.2) is 28.8 Å². The van der Waals surface area contributed by atoms with Crippen molar-refractivity contribution in [1.29, 1.82) is 0 Å². The normalized spacial score (nSPS) is 12.6. The lowest BCUT2D eigenvalue weighted by atomic mass is 10.0. The molecule has 3 aromatic rings. The Kier molecular flexibility index (Phi) is 5.53. The van der Waals surface area contributed by atoms with Crippen molar-refractivity contribution in [1.82, 2.24) is 15.3 Å². The molecule has 1 atom stereocenters. The van der Waals surface area contributed by atoms with Gasteiger partial charge in [-0.25, -0.2) is 14.2 Å². The lowest BCUT2D eigenvalue weighted by Crippen LogP contribution is -2.36.